The van der Waals surface area contributed by atoms with Crippen LogP contribution >= 0.6 is 0 Å². The van der Waals surface area contributed by atoms with Crippen LogP contribution < -0.4 is 5.32 Å². The maximum atomic E-state index is 3.39. The van der Waals surface area contributed by atoms with Gasteiger partial charge in [-0.3, -0.25) is 0 Å². The molecule has 204 valence electrons. The lowest BCUT2D eigenvalue weighted by atomic mass is 9.71. The second-order valence-electron chi connectivity index (χ2n) is 15.2. The van der Waals surface area contributed by atoms with Gasteiger partial charge in [0.05, 0.1) is 0 Å². The molecule has 0 radical (unpaired) electrons. The zero-order valence-electron chi connectivity index (χ0n) is 25.7. The summed E-state index contributed by atoms with van der Waals surface area (Å²) in [6.45, 7) is 26.3. The number of hydrogen-bond acceptors (Lipinski definition) is 3. The largest absolute Gasteiger partial charge is 0.317 e. The Balaban J connectivity index is 0.000000257. The monoisotopic (exact) mass is 480 g/mol. The predicted molar refractivity (Wildman–Crippen MR) is 154 cm³/mol. The summed E-state index contributed by atoms with van der Waals surface area (Å²) in [5.74, 6) is 2.83. The molecule has 0 amide bonds. The Morgan fingerprint density at radius 2 is 0.912 bits per heavy atom. The molecule has 1 aliphatic carbocycles. The van der Waals surface area contributed by atoms with E-state index < -0.39 is 0 Å². The van der Waals surface area contributed by atoms with Gasteiger partial charge in [0.25, 0.3) is 0 Å². The van der Waals surface area contributed by atoms with Crippen LogP contribution in [-0.2, 0) is 0 Å². The van der Waals surface area contributed by atoms with E-state index in [9.17, 15) is 0 Å². The molecule has 3 aliphatic rings. The first-order valence-electron chi connectivity index (χ1n) is 14.6. The van der Waals surface area contributed by atoms with E-state index in [1.165, 1.54) is 77.5 Å². The molecule has 3 nitrogen and oxygen atoms in total. The molecule has 3 heteroatoms. The van der Waals surface area contributed by atoms with Gasteiger partial charge in [-0.1, -0.05) is 62.3 Å². The van der Waals surface area contributed by atoms with E-state index in [0.29, 0.717) is 16.2 Å². The minimum absolute atomic E-state index is 0.525. The van der Waals surface area contributed by atoms with Gasteiger partial charge in [-0.2, -0.15) is 0 Å². The molecule has 0 atom stereocenters. The van der Waals surface area contributed by atoms with Crippen LogP contribution in [0.1, 0.15) is 114 Å². The Hall–Kier alpha value is -0.120. The number of rotatable bonds is 1. The highest BCUT2D eigenvalue weighted by atomic mass is 15.1. The van der Waals surface area contributed by atoms with Crippen molar-refractivity contribution < 1.29 is 0 Å². The third kappa shape index (κ3) is 12.2. The second-order valence-corrected chi connectivity index (χ2v) is 15.2. The van der Waals surface area contributed by atoms with Crippen molar-refractivity contribution in [2.75, 3.05) is 47.3 Å². The Morgan fingerprint density at radius 1 is 0.559 bits per heavy atom. The van der Waals surface area contributed by atoms with Crippen molar-refractivity contribution in [1.82, 2.24) is 15.1 Å². The molecule has 0 unspecified atom stereocenters. The van der Waals surface area contributed by atoms with Crippen LogP contribution in [0.5, 0.6) is 0 Å². The van der Waals surface area contributed by atoms with Crippen molar-refractivity contribution in [3.05, 3.63) is 0 Å². The van der Waals surface area contributed by atoms with E-state index in [4.69, 9.17) is 0 Å². The first kappa shape index (κ1) is 31.9. The van der Waals surface area contributed by atoms with Crippen LogP contribution in [0.25, 0.3) is 0 Å². The van der Waals surface area contributed by atoms with Gasteiger partial charge in [-0.25, -0.2) is 0 Å². The van der Waals surface area contributed by atoms with Crippen LogP contribution in [0.15, 0.2) is 0 Å². The standard InChI is InChI=1S/C12H25N.C10H21N.C9H19N/c1-12(2,3)10-6-8-11(9-7-10)13(4)5;1-10(2,3)9-5-7-11(4)8-6-9;1-9(2,3)8-4-6-10-7-5-8/h10-11H,6-9H2,1-5H3;9H,5-8H2,1-4H3;8,10H,4-7H2,1-3H3. The number of hydrogen-bond donors (Lipinski definition) is 1. The maximum absolute atomic E-state index is 3.39. The Bertz CT molecular complexity index is 512. The molecule has 2 heterocycles. The van der Waals surface area contributed by atoms with Gasteiger partial charge in [0.2, 0.25) is 0 Å². The zero-order chi connectivity index (χ0) is 26.2. The Morgan fingerprint density at radius 3 is 1.24 bits per heavy atom. The van der Waals surface area contributed by atoms with E-state index >= 15 is 0 Å². The summed E-state index contributed by atoms with van der Waals surface area (Å²) in [5, 5.41) is 3.39. The van der Waals surface area contributed by atoms with E-state index in [0.717, 1.165) is 23.8 Å². The third-order valence-electron chi connectivity index (χ3n) is 9.16. The van der Waals surface area contributed by atoms with Gasteiger partial charge >= 0.3 is 0 Å². The van der Waals surface area contributed by atoms with E-state index in [1.807, 2.05) is 0 Å². The second kappa shape index (κ2) is 14.0. The molecular formula is C31H65N3. The van der Waals surface area contributed by atoms with Gasteiger partial charge in [0.15, 0.2) is 0 Å². The highest BCUT2D eigenvalue weighted by Crippen LogP contribution is 2.38. The predicted octanol–water partition coefficient (Wildman–Crippen LogP) is 7.56. The highest BCUT2D eigenvalue weighted by molar-refractivity contribution is 4.83. The molecule has 0 spiro atoms. The average Bonchev–Trinajstić information content (AvgIpc) is 2.74. The third-order valence-corrected chi connectivity index (χ3v) is 9.16. The average molecular weight is 480 g/mol. The van der Waals surface area contributed by atoms with Crippen LogP contribution in [0.3, 0.4) is 0 Å². The number of nitrogens with one attached hydrogen (secondary N) is 1. The van der Waals surface area contributed by atoms with Crippen LogP contribution in [0.2, 0.25) is 0 Å². The van der Waals surface area contributed by atoms with Crippen molar-refractivity contribution >= 4 is 0 Å². The maximum Gasteiger partial charge on any atom is 0.00893 e. The van der Waals surface area contributed by atoms with Crippen molar-refractivity contribution in [2.24, 2.45) is 34.0 Å². The molecule has 1 N–H and O–H groups in total. The molecular weight excluding hydrogens is 414 g/mol. The Kier molecular flexibility index (Phi) is 13.1. The first-order chi connectivity index (χ1) is 15.5. The van der Waals surface area contributed by atoms with Crippen LogP contribution in [-0.4, -0.2) is 63.2 Å². The molecule has 0 aromatic rings. The summed E-state index contributed by atoms with van der Waals surface area (Å²) in [6.07, 6.45) is 11.1. The number of likely N-dealkylation sites (tertiary alicyclic amines) is 1. The van der Waals surface area contributed by atoms with Gasteiger partial charge in [-0.15, -0.1) is 0 Å². The summed E-state index contributed by atoms with van der Waals surface area (Å²) in [6, 6.07) is 0.846. The van der Waals surface area contributed by atoms with Crippen LogP contribution in [0.4, 0.5) is 0 Å². The Labute approximate surface area is 216 Å². The fourth-order valence-electron chi connectivity index (χ4n) is 6.02. The van der Waals surface area contributed by atoms with Crippen molar-refractivity contribution in [1.29, 1.82) is 0 Å². The minimum atomic E-state index is 0.525. The molecule has 34 heavy (non-hydrogen) atoms. The smallest absolute Gasteiger partial charge is 0.00893 e. The van der Waals surface area contributed by atoms with Gasteiger partial charge in [-0.05, 0) is 133 Å². The molecule has 2 saturated heterocycles. The molecule has 0 aromatic carbocycles. The van der Waals surface area contributed by atoms with Crippen molar-refractivity contribution in [2.45, 2.75) is 120 Å². The van der Waals surface area contributed by atoms with E-state index in [2.05, 4.69) is 98.6 Å². The van der Waals surface area contributed by atoms with Gasteiger partial charge in [0.1, 0.15) is 0 Å². The van der Waals surface area contributed by atoms with E-state index in [-0.39, 0.29) is 0 Å². The molecule has 0 aromatic heterocycles. The normalized spacial score (nSPS) is 26.4. The lowest BCUT2D eigenvalue weighted by molar-refractivity contribution is 0.124. The van der Waals surface area contributed by atoms with Gasteiger partial charge in [0, 0.05) is 6.04 Å². The number of nitrogens with zero attached hydrogens (tertiary/aromatic N) is 2. The van der Waals surface area contributed by atoms with Crippen molar-refractivity contribution in [3.63, 3.8) is 0 Å². The molecule has 2 aliphatic heterocycles. The lowest BCUT2D eigenvalue weighted by Crippen LogP contribution is -2.35. The van der Waals surface area contributed by atoms with Crippen LogP contribution in [0, 0.1) is 34.0 Å². The summed E-state index contributed by atoms with van der Waals surface area (Å²) in [5.41, 5.74) is 1.58. The molecule has 1 saturated carbocycles. The fraction of sp³-hybridized carbons (Fsp3) is 1.00. The quantitative estimate of drug-likeness (QED) is 0.418. The number of piperidine rings is 2. The van der Waals surface area contributed by atoms with Crippen molar-refractivity contribution in [3.8, 4) is 0 Å². The molecule has 0 bridgehead atoms. The topological polar surface area (TPSA) is 18.5 Å². The molecule has 3 fully saturated rings. The molecule has 3 rings (SSSR count). The summed E-state index contributed by atoms with van der Waals surface area (Å²) in [4.78, 5) is 4.82. The minimum Gasteiger partial charge on any atom is -0.317 e. The summed E-state index contributed by atoms with van der Waals surface area (Å²) < 4.78 is 0. The zero-order valence-corrected chi connectivity index (χ0v) is 25.7. The first-order valence-corrected chi connectivity index (χ1v) is 14.6. The fourth-order valence-corrected chi connectivity index (χ4v) is 6.02. The highest BCUT2D eigenvalue weighted by Gasteiger charge is 2.30. The van der Waals surface area contributed by atoms with Gasteiger partial charge < -0.3 is 15.1 Å². The van der Waals surface area contributed by atoms with E-state index in [1.54, 1.807) is 0 Å². The summed E-state index contributed by atoms with van der Waals surface area (Å²) in [7, 11) is 6.64. The SMILES string of the molecule is CC(C)(C)C1CCNCC1.CN(C)C1CCC(C(C)(C)C)CC1.CN1CCC(C(C)(C)C)CC1. The lowest BCUT2D eigenvalue weighted by Gasteiger charge is -2.39. The summed E-state index contributed by atoms with van der Waals surface area (Å²) >= 11 is 0.